The van der Waals surface area contributed by atoms with E-state index in [1.807, 2.05) is 13.0 Å². The van der Waals surface area contributed by atoms with Gasteiger partial charge in [-0.3, -0.25) is 4.79 Å². The second-order valence-electron chi connectivity index (χ2n) is 3.55. The van der Waals surface area contributed by atoms with Crippen LogP contribution in [0.3, 0.4) is 0 Å². The molecule has 1 rings (SSSR count). The largest absolute Gasteiger partial charge is 0.396 e. The molecule has 0 unspecified atom stereocenters. The zero-order valence-electron chi connectivity index (χ0n) is 7.73. The van der Waals surface area contributed by atoms with Crippen molar-refractivity contribution in [2.45, 2.75) is 13.3 Å². The van der Waals surface area contributed by atoms with Crippen LogP contribution in [0.1, 0.15) is 13.3 Å². The molecule has 1 fully saturated rings. The molecule has 0 aromatic carbocycles. The van der Waals surface area contributed by atoms with Crippen molar-refractivity contribution < 1.29 is 9.90 Å². The normalized spacial score (nSPS) is 27.3. The number of aliphatic hydroxyl groups is 1. The summed E-state index contributed by atoms with van der Waals surface area (Å²) >= 11 is 0. The number of rotatable bonds is 2. The minimum atomic E-state index is -0.120. The van der Waals surface area contributed by atoms with E-state index in [0.717, 1.165) is 0 Å². The molecular formula is C9H14N2O2. The molecule has 0 radical (unpaired) electrons. The lowest BCUT2D eigenvalue weighted by Gasteiger charge is -2.13. The van der Waals surface area contributed by atoms with Gasteiger partial charge in [0.25, 0.3) is 0 Å². The van der Waals surface area contributed by atoms with Crippen molar-refractivity contribution in [3.63, 3.8) is 0 Å². The fraction of sp³-hybridized carbons (Fsp3) is 0.778. The van der Waals surface area contributed by atoms with E-state index in [-0.39, 0.29) is 24.9 Å². The number of carbonyl (C=O) groups is 1. The lowest BCUT2D eigenvalue weighted by molar-refractivity contribution is -0.129. The van der Waals surface area contributed by atoms with E-state index in [1.54, 1.807) is 4.90 Å². The topological polar surface area (TPSA) is 64.3 Å². The van der Waals surface area contributed by atoms with Gasteiger partial charge in [-0.05, 0) is 5.92 Å². The monoisotopic (exact) mass is 182 g/mol. The molecule has 13 heavy (non-hydrogen) atoms. The molecule has 0 aliphatic carbocycles. The Morgan fingerprint density at radius 3 is 2.85 bits per heavy atom. The average molecular weight is 182 g/mol. The molecular weight excluding hydrogens is 168 g/mol. The summed E-state index contributed by atoms with van der Waals surface area (Å²) in [7, 11) is 0. The van der Waals surface area contributed by atoms with E-state index in [0.29, 0.717) is 19.0 Å². The highest BCUT2D eigenvalue weighted by Crippen LogP contribution is 2.22. The summed E-state index contributed by atoms with van der Waals surface area (Å²) in [5, 5.41) is 17.3. The number of carbonyl (C=O) groups excluding carboxylic acids is 1. The van der Waals surface area contributed by atoms with Gasteiger partial charge in [0.2, 0.25) is 5.91 Å². The van der Waals surface area contributed by atoms with E-state index in [1.165, 1.54) is 0 Å². The molecule has 0 aromatic heterocycles. The summed E-state index contributed by atoms with van der Waals surface area (Å²) in [6.07, 6.45) is -0.0507. The van der Waals surface area contributed by atoms with Gasteiger partial charge in [0.05, 0.1) is 6.07 Å². The van der Waals surface area contributed by atoms with E-state index in [4.69, 9.17) is 10.4 Å². The highest BCUT2D eigenvalue weighted by Gasteiger charge is 2.31. The van der Waals surface area contributed by atoms with Crippen LogP contribution in [0.5, 0.6) is 0 Å². The molecule has 2 atom stereocenters. The third-order valence-corrected chi connectivity index (χ3v) is 2.59. The summed E-state index contributed by atoms with van der Waals surface area (Å²) in [4.78, 5) is 12.9. The number of likely N-dealkylation sites (tertiary alicyclic amines) is 1. The van der Waals surface area contributed by atoms with Gasteiger partial charge < -0.3 is 10.0 Å². The third-order valence-electron chi connectivity index (χ3n) is 2.59. The fourth-order valence-corrected chi connectivity index (χ4v) is 1.66. The predicted molar refractivity (Wildman–Crippen MR) is 46.5 cm³/mol. The van der Waals surface area contributed by atoms with Crippen molar-refractivity contribution in [3.05, 3.63) is 0 Å². The molecule has 1 N–H and O–H groups in total. The van der Waals surface area contributed by atoms with E-state index in [9.17, 15) is 4.79 Å². The maximum atomic E-state index is 11.3. The van der Waals surface area contributed by atoms with E-state index >= 15 is 0 Å². The Morgan fingerprint density at radius 1 is 1.69 bits per heavy atom. The molecule has 1 saturated heterocycles. The van der Waals surface area contributed by atoms with Gasteiger partial charge in [0, 0.05) is 25.6 Å². The van der Waals surface area contributed by atoms with Gasteiger partial charge in [-0.1, -0.05) is 6.92 Å². The van der Waals surface area contributed by atoms with Crippen LogP contribution < -0.4 is 0 Å². The number of hydrogen-bond donors (Lipinski definition) is 1. The van der Waals surface area contributed by atoms with Crippen LogP contribution in [0.2, 0.25) is 0 Å². The van der Waals surface area contributed by atoms with Crippen molar-refractivity contribution in [1.29, 1.82) is 5.26 Å². The van der Waals surface area contributed by atoms with E-state index in [2.05, 4.69) is 0 Å². The van der Waals surface area contributed by atoms with Crippen LogP contribution in [0.4, 0.5) is 0 Å². The molecule has 1 aliphatic heterocycles. The molecule has 4 heteroatoms. The number of nitriles is 1. The molecule has 1 aliphatic rings. The lowest BCUT2D eigenvalue weighted by atomic mass is 10.00. The smallest absolute Gasteiger partial charge is 0.236 e. The standard InChI is InChI=1S/C9H14N2O2/c1-7-4-11(5-8(7)6-12)9(13)2-3-10/h7-8,12H,2,4-6H2,1H3/t7-,8-/m0/s1. The number of nitrogens with zero attached hydrogens (tertiary/aromatic N) is 2. The Labute approximate surface area is 77.8 Å². The Kier molecular flexibility index (Phi) is 3.26. The van der Waals surface area contributed by atoms with Gasteiger partial charge in [-0.25, -0.2) is 0 Å². The molecule has 4 nitrogen and oxygen atoms in total. The van der Waals surface area contributed by atoms with Gasteiger partial charge in [-0.15, -0.1) is 0 Å². The van der Waals surface area contributed by atoms with Crippen molar-refractivity contribution >= 4 is 5.91 Å². The maximum absolute atomic E-state index is 11.3. The minimum absolute atomic E-state index is 0.0507. The summed E-state index contributed by atoms with van der Waals surface area (Å²) in [6, 6.07) is 1.84. The predicted octanol–water partition coefficient (Wildman–Crippen LogP) is -0.0131. The molecule has 0 aromatic rings. The minimum Gasteiger partial charge on any atom is -0.396 e. The second kappa shape index (κ2) is 4.24. The van der Waals surface area contributed by atoms with Gasteiger partial charge >= 0.3 is 0 Å². The molecule has 72 valence electrons. The van der Waals surface area contributed by atoms with Crippen molar-refractivity contribution in [3.8, 4) is 6.07 Å². The molecule has 0 bridgehead atoms. The first-order valence-corrected chi connectivity index (χ1v) is 4.44. The third kappa shape index (κ3) is 2.19. The number of hydrogen-bond acceptors (Lipinski definition) is 3. The van der Waals surface area contributed by atoms with Crippen LogP contribution >= 0.6 is 0 Å². The van der Waals surface area contributed by atoms with Gasteiger partial charge in [0.15, 0.2) is 0 Å². The molecule has 1 heterocycles. The summed E-state index contributed by atoms with van der Waals surface area (Å²) < 4.78 is 0. The van der Waals surface area contributed by atoms with Crippen LogP contribution in [-0.4, -0.2) is 35.6 Å². The second-order valence-corrected chi connectivity index (χ2v) is 3.55. The van der Waals surface area contributed by atoms with Crippen molar-refractivity contribution in [2.75, 3.05) is 19.7 Å². The Hall–Kier alpha value is -1.08. The van der Waals surface area contributed by atoms with Crippen molar-refractivity contribution in [2.24, 2.45) is 11.8 Å². The average Bonchev–Trinajstić information content (AvgIpc) is 2.47. The van der Waals surface area contributed by atoms with Crippen LogP contribution in [0, 0.1) is 23.2 Å². The zero-order chi connectivity index (χ0) is 9.84. The number of amides is 1. The zero-order valence-corrected chi connectivity index (χ0v) is 7.73. The van der Waals surface area contributed by atoms with Crippen LogP contribution in [-0.2, 0) is 4.79 Å². The SMILES string of the molecule is C[C@H]1CN(C(=O)CC#N)C[C@H]1CO. The Morgan fingerprint density at radius 2 is 2.38 bits per heavy atom. The fourth-order valence-electron chi connectivity index (χ4n) is 1.66. The molecule has 0 spiro atoms. The summed E-state index contributed by atoms with van der Waals surface area (Å²) in [5.74, 6) is 0.403. The highest BCUT2D eigenvalue weighted by atomic mass is 16.3. The first-order chi connectivity index (χ1) is 6.19. The summed E-state index contributed by atoms with van der Waals surface area (Å²) in [5.41, 5.74) is 0. The lowest BCUT2D eigenvalue weighted by Crippen LogP contribution is -2.28. The van der Waals surface area contributed by atoms with Crippen LogP contribution in [0.15, 0.2) is 0 Å². The van der Waals surface area contributed by atoms with Gasteiger partial charge in [-0.2, -0.15) is 5.26 Å². The molecule has 1 amide bonds. The van der Waals surface area contributed by atoms with E-state index < -0.39 is 0 Å². The first kappa shape index (κ1) is 10.0. The van der Waals surface area contributed by atoms with Crippen LogP contribution in [0.25, 0.3) is 0 Å². The quantitative estimate of drug-likeness (QED) is 0.653. The maximum Gasteiger partial charge on any atom is 0.236 e. The first-order valence-electron chi connectivity index (χ1n) is 4.44. The summed E-state index contributed by atoms with van der Waals surface area (Å²) in [6.45, 7) is 3.40. The Bertz CT molecular complexity index is 234. The molecule has 0 saturated carbocycles. The highest BCUT2D eigenvalue weighted by molar-refractivity contribution is 5.78. The Balaban J connectivity index is 2.49. The number of aliphatic hydroxyl groups excluding tert-OH is 1. The van der Waals surface area contributed by atoms with Gasteiger partial charge in [0.1, 0.15) is 6.42 Å². The van der Waals surface area contributed by atoms with Crippen molar-refractivity contribution in [1.82, 2.24) is 4.90 Å².